The molecular weight excluding hydrogens is 206 g/mol. The lowest BCUT2D eigenvalue weighted by atomic mass is 10.2. The summed E-state index contributed by atoms with van der Waals surface area (Å²) >= 11 is 0. The van der Waals surface area contributed by atoms with Crippen molar-refractivity contribution in [2.45, 2.75) is 6.43 Å². The fraction of sp³-hybridized carbons (Fsp3) is 0.111. The van der Waals surface area contributed by atoms with Crippen molar-refractivity contribution in [1.82, 2.24) is 9.38 Å². The lowest BCUT2D eigenvalue weighted by Gasteiger charge is -2.00. The fourth-order valence-electron chi connectivity index (χ4n) is 1.31. The Kier molecular flexibility index (Phi) is 2.11. The number of hydrogen-bond donors (Lipinski definition) is 1. The number of carboxylic acids is 1. The molecule has 78 valence electrons. The molecule has 4 nitrogen and oxygen atoms in total. The maximum Gasteiger partial charge on any atom is 0.356 e. The van der Waals surface area contributed by atoms with E-state index >= 15 is 0 Å². The molecule has 0 saturated carbocycles. The molecule has 2 heterocycles. The average Bonchev–Trinajstić information content (AvgIpc) is 2.59. The van der Waals surface area contributed by atoms with Gasteiger partial charge < -0.3 is 9.51 Å². The minimum Gasteiger partial charge on any atom is -0.476 e. The fourth-order valence-corrected chi connectivity index (χ4v) is 1.31. The van der Waals surface area contributed by atoms with Crippen LogP contribution in [0.25, 0.3) is 5.52 Å². The standard InChI is InChI=1S/C9H6F2N2O2/c10-8(11)5-1-2-13-4-12-7(9(14)15)6(13)3-5/h1-4,8H,(H,14,15). The van der Waals surface area contributed by atoms with Crippen LogP contribution in [0.1, 0.15) is 22.5 Å². The highest BCUT2D eigenvalue weighted by molar-refractivity contribution is 5.93. The Bertz CT molecular complexity index is 522. The molecule has 1 N–H and O–H groups in total. The summed E-state index contributed by atoms with van der Waals surface area (Å²) in [7, 11) is 0. The Morgan fingerprint density at radius 2 is 2.27 bits per heavy atom. The summed E-state index contributed by atoms with van der Waals surface area (Å²) in [5.41, 5.74) is -0.275. The average molecular weight is 212 g/mol. The molecular formula is C9H6F2N2O2. The van der Waals surface area contributed by atoms with E-state index in [0.29, 0.717) is 0 Å². The van der Waals surface area contributed by atoms with E-state index in [1.165, 1.54) is 23.0 Å². The quantitative estimate of drug-likeness (QED) is 0.827. The van der Waals surface area contributed by atoms with Gasteiger partial charge in [-0.3, -0.25) is 0 Å². The van der Waals surface area contributed by atoms with Crippen LogP contribution in [0.4, 0.5) is 8.78 Å². The van der Waals surface area contributed by atoms with E-state index < -0.39 is 12.4 Å². The number of carbonyl (C=O) groups is 1. The van der Waals surface area contributed by atoms with Gasteiger partial charge in [0.25, 0.3) is 6.43 Å². The topological polar surface area (TPSA) is 54.6 Å². The number of aromatic nitrogens is 2. The van der Waals surface area contributed by atoms with Crippen molar-refractivity contribution in [3.8, 4) is 0 Å². The molecule has 2 aromatic heterocycles. The van der Waals surface area contributed by atoms with Crippen molar-refractivity contribution >= 4 is 11.5 Å². The molecule has 0 atom stereocenters. The number of aromatic carboxylic acids is 1. The molecule has 0 aromatic carbocycles. The maximum atomic E-state index is 12.4. The molecule has 0 spiro atoms. The summed E-state index contributed by atoms with van der Waals surface area (Å²) in [5.74, 6) is -1.23. The van der Waals surface area contributed by atoms with Crippen LogP contribution in [0.5, 0.6) is 0 Å². The van der Waals surface area contributed by atoms with Crippen LogP contribution in [0.3, 0.4) is 0 Å². The minimum absolute atomic E-state index is 0.167. The first-order chi connectivity index (χ1) is 7.09. The van der Waals surface area contributed by atoms with Crippen molar-refractivity contribution in [3.05, 3.63) is 35.9 Å². The molecule has 6 heteroatoms. The smallest absolute Gasteiger partial charge is 0.356 e. The van der Waals surface area contributed by atoms with Crippen molar-refractivity contribution in [3.63, 3.8) is 0 Å². The number of hydrogen-bond acceptors (Lipinski definition) is 2. The predicted molar refractivity (Wildman–Crippen MR) is 47.1 cm³/mol. The first-order valence-electron chi connectivity index (χ1n) is 4.07. The van der Waals surface area contributed by atoms with Crippen LogP contribution >= 0.6 is 0 Å². The molecule has 0 unspecified atom stereocenters. The van der Waals surface area contributed by atoms with Crippen LogP contribution in [0.15, 0.2) is 24.7 Å². The SMILES string of the molecule is O=C(O)c1ncn2ccc(C(F)F)cc12. The van der Waals surface area contributed by atoms with E-state index in [1.54, 1.807) is 0 Å². The van der Waals surface area contributed by atoms with Crippen LogP contribution < -0.4 is 0 Å². The van der Waals surface area contributed by atoms with Gasteiger partial charge in [-0.25, -0.2) is 18.6 Å². The zero-order chi connectivity index (χ0) is 11.0. The first kappa shape index (κ1) is 9.57. The third-order valence-corrected chi connectivity index (χ3v) is 2.02. The number of alkyl halides is 2. The zero-order valence-electron chi connectivity index (χ0n) is 7.39. The third-order valence-electron chi connectivity index (χ3n) is 2.02. The van der Waals surface area contributed by atoms with Crippen LogP contribution in [-0.2, 0) is 0 Å². The highest BCUT2D eigenvalue weighted by atomic mass is 19.3. The Hall–Kier alpha value is -1.98. The lowest BCUT2D eigenvalue weighted by molar-refractivity contribution is 0.0693. The van der Waals surface area contributed by atoms with Crippen LogP contribution in [0, 0.1) is 0 Å². The van der Waals surface area contributed by atoms with Gasteiger partial charge in [0.1, 0.15) is 6.33 Å². The predicted octanol–water partition coefficient (Wildman–Crippen LogP) is 1.97. The van der Waals surface area contributed by atoms with Gasteiger partial charge in [0.15, 0.2) is 5.69 Å². The molecule has 0 saturated heterocycles. The van der Waals surface area contributed by atoms with E-state index in [2.05, 4.69) is 4.98 Å². The third kappa shape index (κ3) is 1.54. The van der Waals surface area contributed by atoms with Gasteiger partial charge in [-0.05, 0) is 12.1 Å². The Morgan fingerprint density at radius 1 is 1.53 bits per heavy atom. The van der Waals surface area contributed by atoms with E-state index in [1.807, 2.05) is 0 Å². The second kappa shape index (κ2) is 3.30. The van der Waals surface area contributed by atoms with Gasteiger partial charge in [-0.1, -0.05) is 0 Å². The largest absolute Gasteiger partial charge is 0.476 e. The van der Waals surface area contributed by atoms with E-state index in [-0.39, 0.29) is 16.8 Å². The van der Waals surface area contributed by atoms with Gasteiger partial charge in [-0.2, -0.15) is 0 Å². The number of rotatable bonds is 2. The van der Waals surface area contributed by atoms with Crippen molar-refractivity contribution in [2.75, 3.05) is 0 Å². The van der Waals surface area contributed by atoms with Crippen molar-refractivity contribution in [2.24, 2.45) is 0 Å². The summed E-state index contributed by atoms with van der Waals surface area (Å²) in [6, 6.07) is 2.35. The number of pyridine rings is 1. The number of halogens is 2. The van der Waals surface area contributed by atoms with E-state index in [9.17, 15) is 13.6 Å². The highest BCUT2D eigenvalue weighted by Gasteiger charge is 2.14. The molecule has 0 bridgehead atoms. The van der Waals surface area contributed by atoms with E-state index in [4.69, 9.17) is 5.11 Å². The molecule has 0 aliphatic heterocycles. The lowest BCUT2D eigenvalue weighted by Crippen LogP contribution is -1.98. The van der Waals surface area contributed by atoms with Gasteiger partial charge in [0, 0.05) is 11.8 Å². The summed E-state index contributed by atoms with van der Waals surface area (Å²) in [5, 5.41) is 8.74. The molecule has 0 radical (unpaired) electrons. The Morgan fingerprint density at radius 3 is 2.87 bits per heavy atom. The van der Waals surface area contributed by atoms with Gasteiger partial charge in [0.05, 0.1) is 5.52 Å². The zero-order valence-corrected chi connectivity index (χ0v) is 7.39. The van der Waals surface area contributed by atoms with Gasteiger partial charge in [-0.15, -0.1) is 0 Å². The summed E-state index contributed by atoms with van der Waals surface area (Å²) in [6.07, 6.45) is 0.0103. The van der Waals surface area contributed by atoms with Crippen LogP contribution in [0.2, 0.25) is 0 Å². The molecule has 0 fully saturated rings. The van der Waals surface area contributed by atoms with Gasteiger partial charge in [0.2, 0.25) is 0 Å². The highest BCUT2D eigenvalue weighted by Crippen LogP contribution is 2.21. The Balaban J connectivity index is 2.66. The maximum absolute atomic E-state index is 12.4. The molecule has 2 rings (SSSR count). The van der Waals surface area contributed by atoms with Crippen LogP contribution in [-0.4, -0.2) is 20.5 Å². The molecule has 0 aliphatic carbocycles. The monoisotopic (exact) mass is 212 g/mol. The number of fused-ring (bicyclic) bond motifs is 1. The normalized spacial score (nSPS) is 11.1. The van der Waals surface area contributed by atoms with Crippen molar-refractivity contribution < 1.29 is 18.7 Å². The number of nitrogens with zero attached hydrogens (tertiary/aromatic N) is 2. The second-order valence-corrected chi connectivity index (χ2v) is 2.95. The molecule has 0 amide bonds. The summed E-state index contributed by atoms with van der Waals surface area (Å²) in [6.45, 7) is 0. The minimum atomic E-state index is -2.62. The molecule has 2 aromatic rings. The van der Waals surface area contributed by atoms with E-state index in [0.717, 1.165) is 6.07 Å². The first-order valence-corrected chi connectivity index (χ1v) is 4.07. The summed E-state index contributed by atoms with van der Waals surface area (Å²) in [4.78, 5) is 14.3. The summed E-state index contributed by atoms with van der Waals surface area (Å²) < 4.78 is 26.1. The number of carboxylic acid groups (broad SMARTS) is 1. The molecule has 0 aliphatic rings. The Labute approximate surface area is 82.8 Å². The van der Waals surface area contributed by atoms with Gasteiger partial charge >= 0.3 is 5.97 Å². The molecule has 15 heavy (non-hydrogen) atoms. The second-order valence-electron chi connectivity index (χ2n) is 2.95. The number of imidazole rings is 1. The van der Waals surface area contributed by atoms with Crippen molar-refractivity contribution in [1.29, 1.82) is 0 Å².